The van der Waals surface area contributed by atoms with Gasteiger partial charge in [0.15, 0.2) is 5.96 Å². The predicted molar refractivity (Wildman–Crippen MR) is 126 cm³/mol. The number of aliphatic imine (C=N–C) groups is 1. The molecule has 0 radical (unpaired) electrons. The summed E-state index contributed by atoms with van der Waals surface area (Å²) in [5.41, 5.74) is 2.28. The minimum atomic E-state index is 0. The van der Waals surface area contributed by atoms with Gasteiger partial charge in [-0.1, -0.05) is 35.9 Å². The van der Waals surface area contributed by atoms with Gasteiger partial charge in [0.2, 0.25) is 0 Å². The zero-order valence-electron chi connectivity index (χ0n) is 16.2. The Kier molecular flexibility index (Phi) is 9.84. The van der Waals surface area contributed by atoms with E-state index in [0.717, 1.165) is 48.6 Å². The zero-order valence-corrected chi connectivity index (χ0v) is 19.2. The van der Waals surface area contributed by atoms with Gasteiger partial charge in [0, 0.05) is 31.9 Å². The SMILES string of the molecule is CN=C(NCCc1ccc(Cl)nc1)NCc1ccccc1OC1CCCC1.I. The lowest BCUT2D eigenvalue weighted by molar-refractivity contribution is 0.208. The molecule has 1 aliphatic carbocycles. The van der Waals surface area contributed by atoms with Crippen LogP contribution in [0.3, 0.4) is 0 Å². The molecule has 1 aromatic heterocycles. The fourth-order valence-electron chi connectivity index (χ4n) is 3.23. The number of guanidine groups is 1. The van der Waals surface area contributed by atoms with E-state index in [2.05, 4.69) is 32.7 Å². The first kappa shape index (κ1) is 22.7. The minimum absolute atomic E-state index is 0. The van der Waals surface area contributed by atoms with Crippen molar-refractivity contribution in [3.05, 3.63) is 58.9 Å². The average molecular weight is 515 g/mol. The van der Waals surface area contributed by atoms with Crippen molar-refractivity contribution in [3.63, 3.8) is 0 Å². The fourth-order valence-corrected chi connectivity index (χ4v) is 3.34. The van der Waals surface area contributed by atoms with Crippen molar-refractivity contribution in [2.75, 3.05) is 13.6 Å². The van der Waals surface area contributed by atoms with E-state index < -0.39 is 0 Å². The molecular weight excluding hydrogens is 487 g/mol. The average Bonchev–Trinajstić information content (AvgIpc) is 3.20. The number of nitrogens with one attached hydrogen (secondary N) is 2. The van der Waals surface area contributed by atoms with Crippen LogP contribution in [0.4, 0.5) is 0 Å². The van der Waals surface area contributed by atoms with Gasteiger partial charge in [0.1, 0.15) is 10.9 Å². The number of para-hydroxylation sites is 1. The molecule has 5 nitrogen and oxygen atoms in total. The van der Waals surface area contributed by atoms with Crippen molar-refractivity contribution >= 4 is 41.5 Å². The largest absolute Gasteiger partial charge is 0.490 e. The molecular formula is C21H28ClIN4O. The lowest BCUT2D eigenvalue weighted by atomic mass is 10.2. The van der Waals surface area contributed by atoms with Crippen LogP contribution in [0.2, 0.25) is 5.15 Å². The van der Waals surface area contributed by atoms with Gasteiger partial charge in [-0.05, 0) is 49.8 Å². The minimum Gasteiger partial charge on any atom is -0.490 e. The second kappa shape index (κ2) is 12.1. The first-order valence-corrected chi connectivity index (χ1v) is 9.92. The number of rotatable bonds is 7. The molecule has 3 rings (SSSR count). The first-order valence-electron chi connectivity index (χ1n) is 9.54. The highest BCUT2D eigenvalue weighted by Gasteiger charge is 2.17. The Hall–Kier alpha value is -1.54. The van der Waals surface area contributed by atoms with E-state index in [1.807, 2.05) is 24.3 Å². The number of nitrogens with zero attached hydrogens (tertiary/aromatic N) is 2. The summed E-state index contributed by atoms with van der Waals surface area (Å²) in [5.74, 6) is 1.74. The van der Waals surface area contributed by atoms with Crippen molar-refractivity contribution in [2.45, 2.75) is 44.8 Å². The molecule has 152 valence electrons. The number of hydrogen-bond acceptors (Lipinski definition) is 3. The zero-order chi connectivity index (χ0) is 18.9. The van der Waals surface area contributed by atoms with E-state index in [-0.39, 0.29) is 24.0 Å². The third-order valence-corrected chi connectivity index (χ3v) is 4.96. The van der Waals surface area contributed by atoms with Crippen molar-refractivity contribution in [3.8, 4) is 5.75 Å². The maximum absolute atomic E-state index is 6.20. The standard InChI is InChI=1S/C21H27ClN4O.HI/c1-23-21(24-13-12-16-10-11-20(22)25-14-16)26-15-17-6-2-5-9-19(17)27-18-7-3-4-8-18;/h2,5-6,9-11,14,18H,3-4,7-8,12-13,15H2,1H3,(H2,23,24,26);1H. The molecule has 0 atom stereocenters. The molecule has 0 saturated heterocycles. The number of pyridine rings is 1. The second-order valence-electron chi connectivity index (χ2n) is 6.72. The lowest BCUT2D eigenvalue weighted by Crippen LogP contribution is -2.38. The molecule has 2 aromatic rings. The summed E-state index contributed by atoms with van der Waals surface area (Å²) in [4.78, 5) is 8.40. The van der Waals surface area contributed by atoms with Gasteiger partial charge >= 0.3 is 0 Å². The molecule has 28 heavy (non-hydrogen) atoms. The normalized spacial score (nSPS) is 14.4. The topological polar surface area (TPSA) is 58.5 Å². The first-order chi connectivity index (χ1) is 13.2. The summed E-state index contributed by atoms with van der Waals surface area (Å²) in [6, 6.07) is 12.0. The molecule has 0 amide bonds. The predicted octanol–water partition coefficient (Wildman–Crippen LogP) is 4.58. The van der Waals surface area contributed by atoms with Crippen LogP contribution < -0.4 is 15.4 Å². The third kappa shape index (κ3) is 7.13. The summed E-state index contributed by atoms with van der Waals surface area (Å²) < 4.78 is 6.20. The highest BCUT2D eigenvalue weighted by atomic mass is 127. The van der Waals surface area contributed by atoms with E-state index in [9.17, 15) is 0 Å². The molecule has 0 bridgehead atoms. The summed E-state index contributed by atoms with van der Waals surface area (Å²) in [6.07, 6.45) is 7.87. The monoisotopic (exact) mass is 514 g/mol. The van der Waals surface area contributed by atoms with Crippen LogP contribution in [0.25, 0.3) is 0 Å². The molecule has 1 fully saturated rings. The van der Waals surface area contributed by atoms with Crippen LogP contribution in [0.15, 0.2) is 47.6 Å². The summed E-state index contributed by atoms with van der Waals surface area (Å²) in [5, 5.41) is 7.22. The van der Waals surface area contributed by atoms with Gasteiger partial charge < -0.3 is 15.4 Å². The number of hydrogen-bond donors (Lipinski definition) is 2. The molecule has 0 aliphatic heterocycles. The summed E-state index contributed by atoms with van der Waals surface area (Å²) in [7, 11) is 1.78. The van der Waals surface area contributed by atoms with Gasteiger partial charge in [0.05, 0.1) is 6.10 Å². The van der Waals surface area contributed by atoms with E-state index in [4.69, 9.17) is 16.3 Å². The van der Waals surface area contributed by atoms with Crippen LogP contribution >= 0.6 is 35.6 Å². The number of aromatic nitrogens is 1. The van der Waals surface area contributed by atoms with Crippen LogP contribution in [-0.2, 0) is 13.0 Å². The van der Waals surface area contributed by atoms with Gasteiger partial charge in [-0.25, -0.2) is 4.98 Å². The lowest BCUT2D eigenvalue weighted by Gasteiger charge is -2.18. The van der Waals surface area contributed by atoms with Crippen LogP contribution in [0.5, 0.6) is 5.75 Å². The van der Waals surface area contributed by atoms with Gasteiger partial charge in [-0.3, -0.25) is 4.99 Å². The molecule has 1 heterocycles. The van der Waals surface area contributed by atoms with E-state index >= 15 is 0 Å². The van der Waals surface area contributed by atoms with E-state index in [1.165, 1.54) is 12.8 Å². The van der Waals surface area contributed by atoms with E-state index in [0.29, 0.717) is 17.8 Å². The van der Waals surface area contributed by atoms with Crippen molar-refractivity contribution in [1.29, 1.82) is 0 Å². The van der Waals surface area contributed by atoms with Crippen LogP contribution in [0, 0.1) is 0 Å². The Balaban J connectivity index is 0.00000280. The quantitative estimate of drug-likeness (QED) is 0.246. The van der Waals surface area contributed by atoms with Crippen LogP contribution in [0.1, 0.15) is 36.8 Å². The second-order valence-corrected chi connectivity index (χ2v) is 7.11. The Labute approximate surface area is 189 Å². The van der Waals surface area contributed by atoms with Crippen molar-refractivity contribution < 1.29 is 4.74 Å². The van der Waals surface area contributed by atoms with E-state index in [1.54, 1.807) is 13.2 Å². The van der Waals surface area contributed by atoms with Gasteiger partial charge in [-0.15, -0.1) is 24.0 Å². The molecule has 0 spiro atoms. The number of benzene rings is 1. The number of ether oxygens (including phenoxy) is 1. The highest BCUT2D eigenvalue weighted by molar-refractivity contribution is 14.0. The molecule has 1 aromatic carbocycles. The third-order valence-electron chi connectivity index (χ3n) is 4.73. The Morgan fingerprint density at radius 1 is 1.18 bits per heavy atom. The number of halogens is 2. The molecule has 2 N–H and O–H groups in total. The maximum atomic E-state index is 6.20. The van der Waals surface area contributed by atoms with Gasteiger partial charge in [-0.2, -0.15) is 0 Å². The molecule has 0 unspecified atom stereocenters. The Bertz CT molecular complexity index is 748. The Morgan fingerprint density at radius 3 is 2.68 bits per heavy atom. The molecule has 1 aliphatic rings. The Morgan fingerprint density at radius 2 is 1.96 bits per heavy atom. The summed E-state index contributed by atoms with van der Waals surface area (Å²) in [6.45, 7) is 1.44. The van der Waals surface area contributed by atoms with Gasteiger partial charge in [0.25, 0.3) is 0 Å². The van der Waals surface area contributed by atoms with Crippen molar-refractivity contribution in [2.24, 2.45) is 4.99 Å². The molecule has 7 heteroatoms. The highest BCUT2D eigenvalue weighted by Crippen LogP contribution is 2.26. The summed E-state index contributed by atoms with van der Waals surface area (Å²) >= 11 is 5.82. The maximum Gasteiger partial charge on any atom is 0.191 e. The molecule has 1 saturated carbocycles. The van der Waals surface area contributed by atoms with Crippen molar-refractivity contribution in [1.82, 2.24) is 15.6 Å². The fraction of sp³-hybridized carbons (Fsp3) is 0.429. The van der Waals surface area contributed by atoms with Crippen LogP contribution in [-0.4, -0.2) is 30.6 Å². The smallest absolute Gasteiger partial charge is 0.191 e.